The molecule has 16 heteroatoms. The molecule has 0 aromatic heterocycles. The van der Waals surface area contributed by atoms with Crippen molar-refractivity contribution < 1.29 is 66.3 Å². The largest absolute Gasteiger partial charge is 0.472 e. The van der Waals surface area contributed by atoms with Crippen LogP contribution >= 0.6 is 15.6 Å². The first-order valence-corrected chi connectivity index (χ1v) is 28.7. The quantitative estimate of drug-likeness (QED) is 0.0147. The van der Waals surface area contributed by atoms with Crippen molar-refractivity contribution in [3.63, 3.8) is 0 Å². The first-order valence-electron chi connectivity index (χ1n) is 25.7. The van der Waals surface area contributed by atoms with E-state index in [9.17, 15) is 28.7 Å². The van der Waals surface area contributed by atoms with Gasteiger partial charge < -0.3 is 34.0 Å². The molecule has 1 rings (SSSR count). The second-order valence-corrected chi connectivity index (χ2v) is 21.0. The number of esters is 2. The zero-order valence-electron chi connectivity index (χ0n) is 41.2. The van der Waals surface area contributed by atoms with Crippen molar-refractivity contribution in [1.82, 2.24) is 0 Å². The van der Waals surface area contributed by atoms with E-state index in [1.807, 2.05) is 12.2 Å². The number of aliphatic hydroxyl groups is 1. The topological polar surface area (TPSA) is 208 Å². The molecule has 0 bridgehead atoms. The summed E-state index contributed by atoms with van der Waals surface area (Å²) in [5.74, 6) is -0.261. The number of hydrogen-bond donors (Lipinski definition) is 4. The van der Waals surface area contributed by atoms with E-state index >= 15 is 0 Å². The summed E-state index contributed by atoms with van der Waals surface area (Å²) in [6, 6.07) is 0. The lowest BCUT2D eigenvalue weighted by Crippen LogP contribution is -2.29. The van der Waals surface area contributed by atoms with Crippen molar-refractivity contribution in [2.24, 2.45) is 5.92 Å². The summed E-state index contributed by atoms with van der Waals surface area (Å²) in [4.78, 5) is 52.9. The second kappa shape index (κ2) is 41.1. The van der Waals surface area contributed by atoms with E-state index in [2.05, 4.69) is 49.6 Å². The van der Waals surface area contributed by atoms with Crippen LogP contribution in [0, 0.1) is 5.92 Å². The van der Waals surface area contributed by atoms with Gasteiger partial charge in [-0.1, -0.05) is 192 Å². The Labute approximate surface area is 399 Å². The summed E-state index contributed by atoms with van der Waals surface area (Å²) in [5, 5.41) is 9.78. The van der Waals surface area contributed by atoms with E-state index in [1.165, 1.54) is 116 Å². The SMILES string of the molecule is CCCCCC1OC1C/C=C\C/C=C\C/C=C\CCCC(=O)O[C@H](COC(=O)CCCCCCCCCCCCCCCCCCCCC(C)C)COP(=O)(O)OC[C@@H](O)COP(=O)(O)O. The van der Waals surface area contributed by atoms with Crippen molar-refractivity contribution in [2.75, 3.05) is 26.4 Å². The summed E-state index contributed by atoms with van der Waals surface area (Å²) >= 11 is 0. The Morgan fingerprint density at radius 1 is 0.576 bits per heavy atom. The number of aliphatic hydroxyl groups excluding tert-OH is 1. The van der Waals surface area contributed by atoms with Crippen molar-refractivity contribution >= 4 is 27.6 Å². The highest BCUT2D eigenvalue weighted by Crippen LogP contribution is 2.44. The van der Waals surface area contributed by atoms with E-state index in [0.29, 0.717) is 31.5 Å². The Bertz CT molecular complexity index is 1380. The Kier molecular flexibility index (Phi) is 38.8. The van der Waals surface area contributed by atoms with Crippen molar-refractivity contribution in [3.8, 4) is 0 Å². The first-order chi connectivity index (χ1) is 31.7. The molecule has 0 aliphatic carbocycles. The fourth-order valence-corrected chi connectivity index (χ4v) is 8.54. The maximum Gasteiger partial charge on any atom is 0.472 e. The Morgan fingerprint density at radius 3 is 1.64 bits per heavy atom. The molecule has 1 aliphatic heterocycles. The van der Waals surface area contributed by atoms with Gasteiger partial charge in [-0.25, -0.2) is 9.13 Å². The fraction of sp³-hybridized carbons (Fsp3) is 0.840. The molecular weight excluding hydrogens is 886 g/mol. The van der Waals surface area contributed by atoms with Crippen molar-refractivity contribution in [3.05, 3.63) is 36.5 Å². The second-order valence-electron chi connectivity index (χ2n) is 18.3. The third-order valence-corrected chi connectivity index (χ3v) is 12.8. The summed E-state index contributed by atoms with van der Waals surface area (Å²) < 4.78 is 53.6. The molecule has 0 aromatic rings. The Hall–Kier alpha value is -1.70. The van der Waals surface area contributed by atoms with Gasteiger partial charge in [0.05, 0.1) is 32.0 Å². The van der Waals surface area contributed by atoms with Crippen LogP contribution in [0.2, 0.25) is 0 Å². The molecule has 14 nitrogen and oxygen atoms in total. The van der Waals surface area contributed by atoms with Crippen LogP contribution in [0.25, 0.3) is 0 Å². The number of epoxide rings is 1. The lowest BCUT2D eigenvalue weighted by molar-refractivity contribution is -0.161. The van der Waals surface area contributed by atoms with Gasteiger partial charge in [0.2, 0.25) is 0 Å². The van der Waals surface area contributed by atoms with E-state index in [-0.39, 0.29) is 12.8 Å². The molecule has 66 heavy (non-hydrogen) atoms. The summed E-state index contributed by atoms with van der Waals surface area (Å²) in [5.41, 5.74) is 0. The summed E-state index contributed by atoms with van der Waals surface area (Å²) in [6.45, 7) is 4.05. The number of allylic oxidation sites excluding steroid dienone is 5. The maximum atomic E-state index is 12.7. The van der Waals surface area contributed by atoms with Gasteiger partial charge in [0.1, 0.15) is 12.7 Å². The monoisotopic (exact) mass is 979 g/mol. The number of hydrogen-bond acceptors (Lipinski definition) is 11. The van der Waals surface area contributed by atoms with Gasteiger partial charge >= 0.3 is 27.6 Å². The van der Waals surface area contributed by atoms with Crippen LogP contribution in [0.15, 0.2) is 36.5 Å². The van der Waals surface area contributed by atoms with E-state index in [1.54, 1.807) is 0 Å². The third-order valence-electron chi connectivity index (χ3n) is 11.4. The average Bonchev–Trinajstić information content (AvgIpc) is 4.02. The lowest BCUT2D eigenvalue weighted by atomic mass is 10.0. The molecule has 386 valence electrons. The van der Waals surface area contributed by atoms with Crippen molar-refractivity contribution in [1.29, 1.82) is 0 Å². The van der Waals surface area contributed by atoms with Gasteiger partial charge in [0, 0.05) is 12.8 Å². The highest BCUT2D eigenvalue weighted by atomic mass is 31.2. The first kappa shape index (κ1) is 62.3. The highest BCUT2D eigenvalue weighted by molar-refractivity contribution is 7.47. The summed E-state index contributed by atoms with van der Waals surface area (Å²) in [6.07, 6.45) is 43.2. The molecule has 3 unspecified atom stereocenters. The minimum atomic E-state index is -4.87. The molecule has 0 radical (unpaired) electrons. The number of rotatable bonds is 47. The fourth-order valence-electron chi connectivity index (χ4n) is 7.39. The zero-order chi connectivity index (χ0) is 48.6. The van der Waals surface area contributed by atoms with Crippen LogP contribution in [0.3, 0.4) is 0 Å². The third kappa shape index (κ3) is 42.4. The van der Waals surface area contributed by atoms with E-state index in [4.69, 9.17) is 33.0 Å². The lowest BCUT2D eigenvalue weighted by Gasteiger charge is -2.20. The Morgan fingerprint density at radius 2 is 1.08 bits per heavy atom. The van der Waals surface area contributed by atoms with Gasteiger partial charge in [0.25, 0.3) is 0 Å². The molecule has 1 fully saturated rings. The number of carbonyl (C=O) groups excluding carboxylic acids is 2. The van der Waals surface area contributed by atoms with Crippen LogP contribution in [-0.2, 0) is 46.5 Å². The molecule has 0 amide bonds. The van der Waals surface area contributed by atoms with Crippen molar-refractivity contribution in [2.45, 2.75) is 238 Å². The number of phosphoric ester groups is 2. The van der Waals surface area contributed by atoms with E-state index < -0.39 is 66.2 Å². The minimum absolute atomic E-state index is 0.0532. The van der Waals surface area contributed by atoms with Gasteiger partial charge in [-0.05, 0) is 50.9 Å². The minimum Gasteiger partial charge on any atom is -0.462 e. The molecule has 0 spiro atoms. The van der Waals surface area contributed by atoms with Gasteiger partial charge in [-0.3, -0.25) is 23.2 Å². The molecule has 1 saturated heterocycles. The molecule has 5 atom stereocenters. The maximum absolute atomic E-state index is 12.7. The molecule has 1 heterocycles. The van der Waals surface area contributed by atoms with Crippen LogP contribution in [-0.4, -0.2) is 82.6 Å². The summed E-state index contributed by atoms with van der Waals surface area (Å²) in [7, 11) is -9.70. The molecular formula is C50H92O14P2. The van der Waals surface area contributed by atoms with Gasteiger partial charge in [-0.15, -0.1) is 0 Å². The molecule has 1 aliphatic rings. The zero-order valence-corrected chi connectivity index (χ0v) is 42.9. The highest BCUT2D eigenvalue weighted by Gasteiger charge is 2.36. The number of carbonyl (C=O) groups is 2. The standard InChI is InChI=1S/C50H92O14P2/c1-4-5-30-36-47-48(64-47)37-32-27-23-19-16-17-21-25-29-34-39-50(53)63-46(43-62-66(57,58)61-41-45(51)40-60-65(54,55)56)42-59-49(52)38-33-28-24-20-15-13-11-9-7-6-8-10-12-14-18-22-26-31-35-44(2)3/h16,19,21,25,27,32,44-48,51H,4-15,17-18,20,22-24,26,28-31,33-43H2,1-3H3,(H,57,58)(H2,54,55,56)/b19-16-,25-21-,32-27-/t45-,46+,47?,48?/m0/s1. The smallest absolute Gasteiger partial charge is 0.462 e. The average molecular weight is 979 g/mol. The van der Waals surface area contributed by atoms with Crippen LogP contribution in [0.4, 0.5) is 0 Å². The number of unbranched alkanes of at least 4 members (excludes halogenated alkanes) is 20. The predicted molar refractivity (Wildman–Crippen MR) is 262 cm³/mol. The van der Waals surface area contributed by atoms with Crippen LogP contribution in [0.5, 0.6) is 0 Å². The van der Waals surface area contributed by atoms with E-state index in [0.717, 1.165) is 50.9 Å². The van der Waals surface area contributed by atoms with Crippen LogP contribution in [0.1, 0.15) is 213 Å². The number of phosphoric acid groups is 2. The van der Waals surface area contributed by atoms with Gasteiger partial charge in [0.15, 0.2) is 6.10 Å². The molecule has 0 saturated carbocycles. The van der Waals surface area contributed by atoms with Crippen LogP contribution < -0.4 is 0 Å². The molecule has 0 aromatic carbocycles. The molecule has 4 N–H and O–H groups in total. The normalized spacial score (nSPS) is 17.3. The predicted octanol–water partition coefficient (Wildman–Crippen LogP) is 12.9. The number of ether oxygens (including phenoxy) is 3. The van der Waals surface area contributed by atoms with Gasteiger partial charge in [-0.2, -0.15) is 0 Å². The Balaban J connectivity index is 2.30.